The SMILES string of the molecule is CC(=O)c1cc2ccc1o2.CCOCC. The first-order valence-corrected chi connectivity index (χ1v) is 5.09. The van der Waals surface area contributed by atoms with E-state index in [4.69, 9.17) is 9.15 Å². The van der Waals surface area contributed by atoms with E-state index in [9.17, 15) is 4.79 Å². The van der Waals surface area contributed by atoms with E-state index in [0.29, 0.717) is 11.1 Å². The number of ether oxygens (including phenoxy) is 1. The average molecular weight is 208 g/mol. The maximum Gasteiger partial charge on any atom is 0.163 e. The molecule has 3 heteroatoms. The van der Waals surface area contributed by atoms with E-state index in [2.05, 4.69) is 0 Å². The second-order valence-electron chi connectivity index (χ2n) is 3.10. The number of carbonyl (C=O) groups is 1. The van der Waals surface area contributed by atoms with Gasteiger partial charge in [-0.1, -0.05) is 0 Å². The lowest BCUT2D eigenvalue weighted by atomic mass is 10.2. The first-order valence-electron chi connectivity index (χ1n) is 5.09. The molecule has 0 saturated carbocycles. The van der Waals surface area contributed by atoms with Gasteiger partial charge in [0.25, 0.3) is 0 Å². The first-order chi connectivity index (χ1) is 7.19. The van der Waals surface area contributed by atoms with Gasteiger partial charge in [-0.3, -0.25) is 4.79 Å². The normalized spacial score (nSPS) is 10.1. The minimum atomic E-state index is 0.0642. The lowest BCUT2D eigenvalue weighted by Crippen LogP contribution is -1.87. The standard InChI is InChI=1S/C8H6O2.C4H10O/c1-5(9)7-4-6-2-3-8(7)10-6;1-3-5-4-2/h2-4H,1H3;3-4H2,1-2H3. The van der Waals surface area contributed by atoms with Crippen LogP contribution in [0.1, 0.15) is 31.1 Å². The van der Waals surface area contributed by atoms with Crippen LogP contribution in [-0.2, 0) is 4.74 Å². The van der Waals surface area contributed by atoms with Crippen LogP contribution in [0.4, 0.5) is 0 Å². The molecular weight excluding hydrogens is 192 g/mol. The fourth-order valence-electron chi connectivity index (χ4n) is 1.27. The molecule has 2 bridgehead atoms. The third kappa shape index (κ3) is 3.06. The highest BCUT2D eigenvalue weighted by atomic mass is 16.5. The Balaban J connectivity index is 0.000000195. The number of fused-ring (bicyclic) bond motifs is 2. The Morgan fingerprint density at radius 2 is 2.00 bits per heavy atom. The van der Waals surface area contributed by atoms with Crippen molar-refractivity contribution in [3.8, 4) is 0 Å². The summed E-state index contributed by atoms with van der Waals surface area (Å²) in [5.41, 5.74) is 2.17. The van der Waals surface area contributed by atoms with Crippen molar-refractivity contribution in [3.05, 3.63) is 23.8 Å². The molecule has 0 atom stereocenters. The number of rotatable bonds is 3. The highest BCUT2D eigenvalue weighted by molar-refractivity contribution is 6.02. The van der Waals surface area contributed by atoms with Crippen molar-refractivity contribution in [1.82, 2.24) is 0 Å². The largest absolute Gasteiger partial charge is 0.457 e. The van der Waals surface area contributed by atoms with Gasteiger partial charge < -0.3 is 9.15 Å². The molecule has 0 aromatic carbocycles. The Morgan fingerprint density at radius 1 is 1.33 bits per heavy atom. The highest BCUT2D eigenvalue weighted by Crippen LogP contribution is 2.21. The topological polar surface area (TPSA) is 39.4 Å². The Kier molecular flexibility index (Phi) is 4.31. The molecule has 0 spiro atoms. The molecule has 0 N–H and O–H groups in total. The molecule has 15 heavy (non-hydrogen) atoms. The number of benzene rings is 1. The average Bonchev–Trinajstić information content (AvgIpc) is 2.80. The van der Waals surface area contributed by atoms with E-state index < -0.39 is 0 Å². The Labute approximate surface area is 89.4 Å². The summed E-state index contributed by atoms with van der Waals surface area (Å²) in [5, 5.41) is 0. The summed E-state index contributed by atoms with van der Waals surface area (Å²) in [5.74, 6) is 0.0642. The van der Waals surface area contributed by atoms with Gasteiger partial charge in [-0.25, -0.2) is 0 Å². The molecule has 2 aromatic rings. The zero-order valence-corrected chi connectivity index (χ0v) is 9.37. The minimum Gasteiger partial charge on any atom is -0.457 e. The Morgan fingerprint density at radius 3 is 2.20 bits per heavy atom. The Bertz CT molecular complexity index is 401. The number of carbonyl (C=O) groups excluding carboxylic acids is 1. The zero-order valence-electron chi connectivity index (χ0n) is 9.37. The van der Waals surface area contributed by atoms with Gasteiger partial charge in [0.2, 0.25) is 0 Å². The maximum absolute atomic E-state index is 10.8. The summed E-state index contributed by atoms with van der Waals surface area (Å²) >= 11 is 0. The molecule has 0 amide bonds. The molecular formula is C12H16O3. The molecule has 0 aliphatic heterocycles. The summed E-state index contributed by atoms with van der Waals surface area (Å²) in [4.78, 5) is 10.8. The molecule has 2 aromatic heterocycles. The monoisotopic (exact) mass is 208 g/mol. The van der Waals surface area contributed by atoms with Gasteiger partial charge >= 0.3 is 0 Å². The summed E-state index contributed by atoms with van der Waals surface area (Å²) in [6.07, 6.45) is 0. The Hall–Kier alpha value is -1.35. The number of hydrogen-bond acceptors (Lipinski definition) is 3. The lowest BCUT2D eigenvalue weighted by molar-refractivity contribution is 0.101. The van der Waals surface area contributed by atoms with Gasteiger partial charge in [-0.15, -0.1) is 0 Å². The van der Waals surface area contributed by atoms with Crippen LogP contribution in [0.2, 0.25) is 0 Å². The maximum atomic E-state index is 10.8. The van der Waals surface area contributed by atoms with Crippen LogP contribution in [-0.4, -0.2) is 19.0 Å². The van der Waals surface area contributed by atoms with Crippen molar-refractivity contribution in [3.63, 3.8) is 0 Å². The van der Waals surface area contributed by atoms with Gasteiger partial charge in [0.1, 0.15) is 11.2 Å². The predicted molar refractivity (Wildman–Crippen MR) is 59.6 cm³/mol. The second kappa shape index (κ2) is 5.51. The summed E-state index contributed by atoms with van der Waals surface area (Å²) in [6.45, 7) is 7.21. The van der Waals surface area contributed by atoms with E-state index in [1.54, 1.807) is 6.07 Å². The summed E-state index contributed by atoms with van der Waals surface area (Å²) in [7, 11) is 0. The molecule has 0 aliphatic carbocycles. The smallest absolute Gasteiger partial charge is 0.163 e. The molecule has 2 heterocycles. The van der Waals surface area contributed by atoms with Crippen LogP contribution in [0.15, 0.2) is 22.6 Å². The van der Waals surface area contributed by atoms with Crippen LogP contribution >= 0.6 is 0 Å². The fourth-order valence-corrected chi connectivity index (χ4v) is 1.27. The fraction of sp³-hybridized carbons (Fsp3) is 0.417. The van der Waals surface area contributed by atoms with Crippen LogP contribution in [0.3, 0.4) is 0 Å². The van der Waals surface area contributed by atoms with E-state index in [0.717, 1.165) is 18.8 Å². The molecule has 82 valence electrons. The van der Waals surface area contributed by atoms with Gasteiger partial charge in [-0.05, 0) is 39.0 Å². The third-order valence-electron chi connectivity index (χ3n) is 1.97. The van der Waals surface area contributed by atoms with Gasteiger partial charge in [-0.2, -0.15) is 0 Å². The number of furan rings is 2. The molecule has 0 radical (unpaired) electrons. The third-order valence-corrected chi connectivity index (χ3v) is 1.97. The summed E-state index contributed by atoms with van der Waals surface area (Å²) < 4.78 is 9.99. The van der Waals surface area contributed by atoms with Crippen molar-refractivity contribution in [2.45, 2.75) is 20.8 Å². The summed E-state index contributed by atoms with van der Waals surface area (Å²) in [6, 6.07) is 5.42. The predicted octanol–water partition coefficient (Wildman–Crippen LogP) is 3.12. The minimum absolute atomic E-state index is 0.0642. The van der Waals surface area contributed by atoms with Crippen LogP contribution < -0.4 is 0 Å². The van der Waals surface area contributed by atoms with Crippen molar-refractivity contribution < 1.29 is 13.9 Å². The van der Waals surface area contributed by atoms with E-state index in [-0.39, 0.29) is 5.78 Å². The quantitative estimate of drug-likeness (QED) is 0.727. The van der Waals surface area contributed by atoms with E-state index in [1.165, 1.54) is 6.92 Å². The van der Waals surface area contributed by atoms with Crippen LogP contribution in [0, 0.1) is 0 Å². The zero-order chi connectivity index (χ0) is 11.3. The van der Waals surface area contributed by atoms with E-state index in [1.807, 2.05) is 26.0 Å². The van der Waals surface area contributed by atoms with Crippen LogP contribution in [0.5, 0.6) is 0 Å². The van der Waals surface area contributed by atoms with Crippen molar-refractivity contribution in [2.75, 3.05) is 13.2 Å². The first kappa shape index (κ1) is 11.7. The van der Waals surface area contributed by atoms with Gasteiger partial charge in [0.05, 0.1) is 5.56 Å². The highest BCUT2D eigenvalue weighted by Gasteiger charge is 2.09. The molecule has 2 rings (SSSR count). The van der Waals surface area contributed by atoms with E-state index >= 15 is 0 Å². The second-order valence-corrected chi connectivity index (χ2v) is 3.10. The number of hydrogen-bond donors (Lipinski definition) is 0. The van der Waals surface area contributed by atoms with Crippen molar-refractivity contribution in [1.29, 1.82) is 0 Å². The van der Waals surface area contributed by atoms with Crippen molar-refractivity contribution in [2.24, 2.45) is 0 Å². The van der Waals surface area contributed by atoms with Gasteiger partial charge in [0.15, 0.2) is 5.78 Å². The molecule has 0 aliphatic rings. The lowest BCUT2D eigenvalue weighted by Gasteiger charge is -1.86. The molecule has 0 saturated heterocycles. The molecule has 3 nitrogen and oxygen atoms in total. The van der Waals surface area contributed by atoms with Crippen molar-refractivity contribution >= 4 is 16.9 Å². The molecule has 0 unspecified atom stereocenters. The number of Topliss-reactive ketones (excluding diaryl/α,β-unsaturated/α-hetero) is 1. The number of ketones is 1. The van der Waals surface area contributed by atoms with Crippen LogP contribution in [0.25, 0.3) is 11.2 Å². The van der Waals surface area contributed by atoms with Gasteiger partial charge in [0, 0.05) is 13.2 Å². The molecule has 0 fully saturated rings.